The molecule has 0 radical (unpaired) electrons. The van der Waals surface area contributed by atoms with Crippen LogP contribution in [0.2, 0.25) is 0 Å². The van der Waals surface area contributed by atoms with Crippen LogP contribution >= 0.6 is 0 Å². The lowest BCUT2D eigenvalue weighted by molar-refractivity contribution is -0.140. The average molecular weight is 314 g/mol. The molecule has 2 saturated carbocycles. The van der Waals surface area contributed by atoms with Gasteiger partial charge >= 0.3 is 0 Å². The number of piperidine rings is 1. The minimum Gasteiger partial charge on any atom is -0.338 e. The van der Waals surface area contributed by atoms with Crippen molar-refractivity contribution >= 4 is 15.9 Å². The largest absolute Gasteiger partial charge is 0.338 e. The van der Waals surface area contributed by atoms with E-state index in [2.05, 4.69) is 4.72 Å². The third-order valence-electron chi connectivity index (χ3n) is 5.55. The van der Waals surface area contributed by atoms with Gasteiger partial charge in [0.05, 0.1) is 6.26 Å². The normalized spacial score (nSPS) is 36.1. The molecule has 21 heavy (non-hydrogen) atoms. The van der Waals surface area contributed by atoms with Crippen LogP contribution in [0, 0.1) is 17.8 Å². The summed E-state index contributed by atoms with van der Waals surface area (Å²) in [4.78, 5) is 14.9. The van der Waals surface area contributed by atoms with Crippen molar-refractivity contribution in [3.63, 3.8) is 0 Å². The van der Waals surface area contributed by atoms with E-state index < -0.39 is 10.0 Å². The Morgan fingerprint density at radius 3 is 2.62 bits per heavy atom. The van der Waals surface area contributed by atoms with Gasteiger partial charge in [-0.3, -0.25) is 4.79 Å². The van der Waals surface area contributed by atoms with Crippen molar-refractivity contribution in [1.82, 2.24) is 9.62 Å². The number of sulfonamides is 1. The zero-order valence-electron chi connectivity index (χ0n) is 12.8. The van der Waals surface area contributed by atoms with Crippen molar-refractivity contribution in [2.75, 3.05) is 19.3 Å². The van der Waals surface area contributed by atoms with Crippen molar-refractivity contribution in [3.8, 4) is 0 Å². The van der Waals surface area contributed by atoms with Crippen molar-refractivity contribution in [1.29, 1.82) is 0 Å². The number of rotatable bonds is 4. The highest BCUT2D eigenvalue weighted by Crippen LogP contribution is 2.49. The fourth-order valence-corrected chi connectivity index (χ4v) is 5.01. The van der Waals surface area contributed by atoms with E-state index in [4.69, 9.17) is 0 Å². The summed E-state index contributed by atoms with van der Waals surface area (Å²) in [7, 11) is -3.19. The first kappa shape index (κ1) is 15.3. The summed E-state index contributed by atoms with van der Waals surface area (Å²) in [6, 6.07) is 0.0418. The summed E-state index contributed by atoms with van der Waals surface area (Å²) >= 11 is 0. The predicted octanol–water partition coefficient (Wildman–Crippen LogP) is 1.35. The fourth-order valence-electron chi connectivity index (χ4n) is 4.51. The van der Waals surface area contributed by atoms with Gasteiger partial charge in [0, 0.05) is 25.0 Å². The fraction of sp³-hybridized carbons (Fsp3) is 0.933. The van der Waals surface area contributed by atoms with Crippen molar-refractivity contribution in [2.45, 2.75) is 51.0 Å². The molecule has 0 unspecified atom stereocenters. The smallest absolute Gasteiger partial charge is 0.226 e. The number of fused-ring (bicyclic) bond motifs is 2. The van der Waals surface area contributed by atoms with Crippen LogP contribution in [0.5, 0.6) is 0 Å². The van der Waals surface area contributed by atoms with Crippen molar-refractivity contribution in [3.05, 3.63) is 0 Å². The van der Waals surface area contributed by atoms with E-state index in [1.54, 1.807) is 0 Å². The van der Waals surface area contributed by atoms with E-state index >= 15 is 0 Å². The number of amides is 1. The Balaban J connectivity index is 1.64. The highest BCUT2D eigenvalue weighted by Gasteiger charge is 2.45. The van der Waals surface area contributed by atoms with Gasteiger partial charge in [0.15, 0.2) is 0 Å². The lowest BCUT2D eigenvalue weighted by Crippen LogP contribution is -2.51. The number of likely N-dealkylation sites (tertiary alicyclic amines) is 1. The molecule has 0 spiro atoms. The number of carbonyl (C=O) groups excluding carboxylic acids is 1. The molecule has 1 saturated heterocycles. The molecule has 1 amide bonds. The number of nitrogens with zero attached hydrogens (tertiary/aromatic N) is 1. The van der Waals surface area contributed by atoms with E-state index in [-0.39, 0.29) is 12.0 Å². The Hall–Kier alpha value is -0.620. The monoisotopic (exact) mass is 314 g/mol. The van der Waals surface area contributed by atoms with E-state index in [1.807, 2.05) is 4.90 Å². The number of nitrogens with one attached hydrogen (secondary N) is 1. The molecule has 0 aromatic rings. The van der Waals surface area contributed by atoms with Crippen LogP contribution in [0.3, 0.4) is 0 Å². The molecule has 1 aliphatic heterocycles. The van der Waals surface area contributed by atoms with Crippen molar-refractivity contribution < 1.29 is 13.2 Å². The molecule has 1 N–H and O–H groups in total. The third-order valence-corrected chi connectivity index (χ3v) is 6.24. The first-order valence-electron chi connectivity index (χ1n) is 8.19. The Labute approximate surface area is 127 Å². The second kappa shape index (κ2) is 5.88. The third kappa shape index (κ3) is 3.42. The van der Waals surface area contributed by atoms with Gasteiger partial charge in [0.25, 0.3) is 0 Å². The topological polar surface area (TPSA) is 66.5 Å². The maximum absolute atomic E-state index is 12.9. The molecule has 2 aliphatic carbocycles. The Bertz CT molecular complexity index is 505. The van der Waals surface area contributed by atoms with E-state index in [0.29, 0.717) is 18.4 Å². The molecule has 0 aromatic heterocycles. The molecule has 6 heteroatoms. The highest BCUT2D eigenvalue weighted by atomic mass is 32.2. The highest BCUT2D eigenvalue weighted by molar-refractivity contribution is 7.88. The lowest BCUT2D eigenvalue weighted by Gasteiger charge is -2.38. The molecule has 120 valence electrons. The minimum atomic E-state index is -3.19. The molecule has 3 rings (SSSR count). The van der Waals surface area contributed by atoms with Crippen LogP contribution < -0.4 is 4.72 Å². The van der Waals surface area contributed by atoms with Gasteiger partial charge in [-0.15, -0.1) is 0 Å². The molecule has 4 atom stereocenters. The number of carbonyl (C=O) groups is 1. The summed E-state index contributed by atoms with van der Waals surface area (Å²) in [5, 5.41) is 0. The summed E-state index contributed by atoms with van der Waals surface area (Å²) < 4.78 is 25.2. The van der Waals surface area contributed by atoms with Crippen LogP contribution in [0.4, 0.5) is 0 Å². The summed E-state index contributed by atoms with van der Waals surface area (Å²) in [5.74, 6) is 1.86. The SMILES string of the molecule is CS(=O)(=O)NC[C@@H]1CCCCN1C(=O)[C@H]1C[C@H]2CC[C@H]1C2. The standard InChI is InChI=1S/C15H26N2O3S/c1-21(19,20)16-10-13-4-2-3-7-17(13)15(18)14-9-11-5-6-12(14)8-11/h11-14,16H,2-10H2,1H3/t11-,12-,13-,14-/m0/s1. The van der Waals surface area contributed by atoms with Crippen LogP contribution in [0.15, 0.2) is 0 Å². The van der Waals surface area contributed by atoms with E-state index in [1.165, 1.54) is 25.5 Å². The maximum atomic E-state index is 12.9. The molecule has 1 heterocycles. The van der Waals surface area contributed by atoms with Gasteiger partial charge in [-0.1, -0.05) is 6.42 Å². The van der Waals surface area contributed by atoms with Gasteiger partial charge in [-0.2, -0.15) is 0 Å². The Morgan fingerprint density at radius 2 is 2.00 bits per heavy atom. The number of hydrogen-bond donors (Lipinski definition) is 1. The molecular weight excluding hydrogens is 288 g/mol. The van der Waals surface area contributed by atoms with Crippen LogP contribution in [-0.4, -0.2) is 44.6 Å². The van der Waals surface area contributed by atoms with Crippen LogP contribution in [0.25, 0.3) is 0 Å². The first-order chi connectivity index (χ1) is 9.94. The maximum Gasteiger partial charge on any atom is 0.226 e. The van der Waals surface area contributed by atoms with Crippen LogP contribution in [-0.2, 0) is 14.8 Å². The summed E-state index contributed by atoms with van der Waals surface area (Å²) in [5.41, 5.74) is 0. The molecule has 5 nitrogen and oxygen atoms in total. The Kier molecular flexibility index (Phi) is 4.28. The van der Waals surface area contributed by atoms with Gasteiger partial charge in [-0.05, 0) is 50.4 Å². The quantitative estimate of drug-likeness (QED) is 0.852. The molecule has 2 bridgehead atoms. The first-order valence-corrected chi connectivity index (χ1v) is 10.1. The second-order valence-corrected chi connectivity index (χ2v) is 8.92. The summed E-state index contributed by atoms with van der Waals surface area (Å²) in [6.45, 7) is 1.16. The number of hydrogen-bond acceptors (Lipinski definition) is 3. The van der Waals surface area contributed by atoms with E-state index in [9.17, 15) is 13.2 Å². The molecular formula is C15H26N2O3S. The molecule has 3 aliphatic rings. The van der Waals surface area contributed by atoms with Gasteiger partial charge in [0.2, 0.25) is 15.9 Å². The molecule has 0 aromatic carbocycles. The molecule has 3 fully saturated rings. The Morgan fingerprint density at radius 1 is 1.19 bits per heavy atom. The predicted molar refractivity (Wildman–Crippen MR) is 81.1 cm³/mol. The van der Waals surface area contributed by atoms with Crippen molar-refractivity contribution in [2.24, 2.45) is 17.8 Å². The summed E-state index contributed by atoms with van der Waals surface area (Å²) in [6.07, 6.45) is 9.02. The van der Waals surface area contributed by atoms with E-state index in [0.717, 1.165) is 38.1 Å². The van der Waals surface area contributed by atoms with Gasteiger partial charge in [0.1, 0.15) is 0 Å². The average Bonchev–Trinajstić information content (AvgIpc) is 3.06. The van der Waals surface area contributed by atoms with Gasteiger partial charge in [-0.25, -0.2) is 13.1 Å². The lowest BCUT2D eigenvalue weighted by atomic mass is 9.86. The van der Waals surface area contributed by atoms with Crippen LogP contribution in [0.1, 0.15) is 44.9 Å². The zero-order valence-corrected chi connectivity index (χ0v) is 13.6. The van der Waals surface area contributed by atoms with Gasteiger partial charge < -0.3 is 4.90 Å². The zero-order chi connectivity index (χ0) is 15.0. The minimum absolute atomic E-state index is 0.0418. The second-order valence-electron chi connectivity index (χ2n) is 7.08.